The van der Waals surface area contributed by atoms with E-state index in [0.717, 1.165) is 60.9 Å². The Hall–Kier alpha value is -2.60. The van der Waals surface area contributed by atoms with Gasteiger partial charge in [0.1, 0.15) is 6.29 Å². The first kappa shape index (κ1) is 20.7. The Morgan fingerprint density at radius 1 is 1.17 bits per heavy atom. The Bertz CT molecular complexity index is 903. The summed E-state index contributed by atoms with van der Waals surface area (Å²) < 4.78 is 0. The van der Waals surface area contributed by atoms with Crippen LogP contribution in [0, 0.1) is 11.3 Å². The van der Waals surface area contributed by atoms with E-state index < -0.39 is 0 Å². The Morgan fingerprint density at radius 3 is 2.73 bits per heavy atom. The molecule has 2 N–H and O–H groups in total. The van der Waals surface area contributed by atoms with Crippen molar-refractivity contribution in [1.29, 1.82) is 5.41 Å². The molecular formula is C24H31N5O. The van der Waals surface area contributed by atoms with E-state index in [1.807, 2.05) is 30.5 Å². The van der Waals surface area contributed by atoms with E-state index in [-0.39, 0.29) is 0 Å². The molecule has 1 aliphatic carbocycles. The molecule has 0 spiro atoms. The van der Waals surface area contributed by atoms with Crippen LogP contribution in [0.3, 0.4) is 0 Å². The highest BCUT2D eigenvalue weighted by molar-refractivity contribution is 6.07. The summed E-state index contributed by atoms with van der Waals surface area (Å²) in [5.41, 5.74) is 3.18. The summed E-state index contributed by atoms with van der Waals surface area (Å²) in [6, 6.07) is 8.85. The third-order valence-electron chi connectivity index (χ3n) is 6.60. The molecule has 0 radical (unpaired) electrons. The average molecular weight is 406 g/mol. The number of allylic oxidation sites excluding steroid dienone is 1. The van der Waals surface area contributed by atoms with Crippen LogP contribution < -0.4 is 5.32 Å². The van der Waals surface area contributed by atoms with Crippen molar-refractivity contribution in [2.45, 2.75) is 57.0 Å². The third-order valence-corrected chi connectivity index (χ3v) is 6.60. The van der Waals surface area contributed by atoms with Crippen molar-refractivity contribution < 1.29 is 4.79 Å². The van der Waals surface area contributed by atoms with Gasteiger partial charge in [-0.05, 0) is 50.2 Å². The first-order valence-corrected chi connectivity index (χ1v) is 11.1. The van der Waals surface area contributed by atoms with Gasteiger partial charge in [-0.3, -0.25) is 4.98 Å². The Labute approximate surface area is 178 Å². The van der Waals surface area contributed by atoms with Crippen molar-refractivity contribution >= 4 is 29.1 Å². The van der Waals surface area contributed by atoms with Crippen LogP contribution in [0.2, 0.25) is 0 Å². The second-order valence-corrected chi connectivity index (χ2v) is 8.55. The molecule has 6 heteroatoms. The lowest BCUT2D eigenvalue weighted by molar-refractivity contribution is -0.109. The molecule has 6 nitrogen and oxygen atoms in total. The predicted octanol–water partition coefficient (Wildman–Crippen LogP) is 3.82. The second kappa shape index (κ2) is 9.94. The van der Waals surface area contributed by atoms with Crippen molar-refractivity contribution in [2.24, 2.45) is 5.92 Å². The van der Waals surface area contributed by atoms with Crippen LogP contribution in [-0.2, 0) is 4.79 Å². The summed E-state index contributed by atoms with van der Waals surface area (Å²) in [5, 5.41) is 11.3. The number of carbonyl (C=O) groups excluding carboxylic acids is 1. The smallest absolute Gasteiger partial charge is 0.120 e. The second-order valence-electron chi connectivity index (χ2n) is 8.55. The average Bonchev–Trinajstić information content (AvgIpc) is 2.80. The minimum absolute atomic E-state index is 0.416. The van der Waals surface area contributed by atoms with E-state index in [4.69, 9.17) is 5.41 Å². The maximum atomic E-state index is 10.9. The molecule has 1 saturated carbocycles. The molecule has 0 bridgehead atoms. The number of hydrogen-bond acceptors (Lipinski definition) is 6. The zero-order valence-electron chi connectivity index (χ0n) is 17.5. The molecule has 2 aliphatic rings. The molecule has 4 rings (SSSR count). The molecule has 30 heavy (non-hydrogen) atoms. The molecule has 2 atom stereocenters. The zero-order valence-corrected chi connectivity index (χ0v) is 17.5. The fourth-order valence-electron chi connectivity index (χ4n) is 4.87. The van der Waals surface area contributed by atoms with Crippen LogP contribution in [-0.4, -0.2) is 52.5 Å². The first-order valence-electron chi connectivity index (χ1n) is 11.1. The van der Waals surface area contributed by atoms with E-state index in [2.05, 4.69) is 20.2 Å². The number of carbonyl (C=O) groups is 1. The van der Waals surface area contributed by atoms with Gasteiger partial charge in [0.2, 0.25) is 0 Å². The van der Waals surface area contributed by atoms with E-state index in [0.29, 0.717) is 18.0 Å². The monoisotopic (exact) mass is 405 g/mol. The molecule has 1 aliphatic heterocycles. The van der Waals surface area contributed by atoms with Crippen LogP contribution in [0.5, 0.6) is 0 Å². The minimum Gasteiger partial charge on any atom is -0.387 e. The van der Waals surface area contributed by atoms with Gasteiger partial charge in [0.15, 0.2) is 0 Å². The number of rotatable bonds is 7. The highest BCUT2D eigenvalue weighted by atomic mass is 16.1. The number of piperidine rings is 1. The van der Waals surface area contributed by atoms with Gasteiger partial charge < -0.3 is 20.4 Å². The number of nitrogens with zero attached hydrogens (tertiary/aromatic N) is 3. The summed E-state index contributed by atoms with van der Waals surface area (Å²) in [6.45, 7) is 2.19. The maximum Gasteiger partial charge on any atom is 0.120 e. The van der Waals surface area contributed by atoms with E-state index >= 15 is 0 Å². The number of fused-ring (bicyclic) bond motifs is 1. The molecule has 0 amide bonds. The number of aromatic nitrogens is 2. The summed E-state index contributed by atoms with van der Waals surface area (Å²) in [5.74, 6) is 0.582. The third kappa shape index (κ3) is 4.93. The molecule has 2 heterocycles. The Kier molecular flexibility index (Phi) is 6.84. The Balaban J connectivity index is 1.33. The lowest BCUT2D eigenvalue weighted by Crippen LogP contribution is -2.47. The van der Waals surface area contributed by atoms with Gasteiger partial charge in [-0.25, -0.2) is 4.98 Å². The Morgan fingerprint density at radius 2 is 1.97 bits per heavy atom. The molecule has 1 aromatic heterocycles. The maximum absolute atomic E-state index is 10.9. The minimum atomic E-state index is 0.416. The van der Waals surface area contributed by atoms with Gasteiger partial charge in [-0.2, -0.15) is 0 Å². The van der Waals surface area contributed by atoms with Gasteiger partial charge in [0.05, 0.1) is 22.9 Å². The van der Waals surface area contributed by atoms with Gasteiger partial charge in [-0.15, -0.1) is 0 Å². The zero-order chi connectivity index (χ0) is 20.8. The first-order chi connectivity index (χ1) is 14.8. The largest absolute Gasteiger partial charge is 0.387 e. The van der Waals surface area contributed by atoms with Gasteiger partial charge in [0, 0.05) is 49.6 Å². The van der Waals surface area contributed by atoms with E-state index in [1.165, 1.54) is 31.9 Å². The lowest BCUT2D eigenvalue weighted by Gasteiger charge is -2.41. The summed E-state index contributed by atoms with van der Waals surface area (Å²) >= 11 is 0. The fourth-order valence-corrected chi connectivity index (χ4v) is 4.87. The van der Waals surface area contributed by atoms with Crippen molar-refractivity contribution in [3.8, 4) is 0 Å². The lowest BCUT2D eigenvalue weighted by atomic mass is 9.82. The number of benzene rings is 1. The predicted molar refractivity (Wildman–Crippen MR) is 120 cm³/mol. The van der Waals surface area contributed by atoms with Crippen LogP contribution in [0.4, 0.5) is 0 Å². The van der Waals surface area contributed by atoms with Crippen LogP contribution in [0.1, 0.15) is 50.6 Å². The SMILES string of the molecule is N=C/C(=C\NC1CCN(C2CCCC(CC=O)C2)CC1)c1cnc2ccccc2n1. The van der Waals surface area contributed by atoms with Crippen LogP contribution in [0.25, 0.3) is 16.6 Å². The normalized spacial score (nSPS) is 23.9. The molecule has 1 saturated heterocycles. The topological polar surface area (TPSA) is 82.0 Å². The highest BCUT2D eigenvalue weighted by Gasteiger charge is 2.29. The standard InChI is InChI=1S/C24H31N5O/c25-15-19(24-17-27-22-6-1-2-7-23(22)28-24)16-26-20-8-11-29(12-9-20)21-5-3-4-18(14-21)10-13-30/h1-2,6-7,13,15-18,20-21,25-26H,3-5,8-12,14H2/b19-16+,25-15?. The molecule has 1 aromatic carbocycles. The number of aldehydes is 1. The molecule has 2 unspecified atom stereocenters. The van der Waals surface area contributed by atoms with Crippen LogP contribution >= 0.6 is 0 Å². The van der Waals surface area contributed by atoms with Crippen molar-refractivity contribution in [2.75, 3.05) is 13.1 Å². The van der Waals surface area contributed by atoms with Crippen molar-refractivity contribution in [1.82, 2.24) is 20.2 Å². The van der Waals surface area contributed by atoms with Crippen LogP contribution in [0.15, 0.2) is 36.7 Å². The van der Waals surface area contributed by atoms with Gasteiger partial charge >= 0.3 is 0 Å². The van der Waals surface area contributed by atoms with Gasteiger partial charge in [-0.1, -0.05) is 18.6 Å². The number of nitrogens with one attached hydrogen (secondary N) is 2. The molecule has 2 aromatic rings. The number of para-hydroxylation sites is 2. The quantitative estimate of drug-likeness (QED) is 0.541. The number of likely N-dealkylation sites (tertiary alicyclic amines) is 1. The summed E-state index contributed by atoms with van der Waals surface area (Å²) in [4.78, 5) is 22.6. The molecule has 2 fully saturated rings. The fraction of sp³-hybridized carbons (Fsp3) is 0.500. The summed E-state index contributed by atoms with van der Waals surface area (Å²) in [6.07, 6.45) is 13.9. The molecular weight excluding hydrogens is 374 g/mol. The molecule has 158 valence electrons. The van der Waals surface area contributed by atoms with E-state index in [1.54, 1.807) is 6.20 Å². The van der Waals surface area contributed by atoms with Crippen molar-refractivity contribution in [3.63, 3.8) is 0 Å². The highest BCUT2D eigenvalue weighted by Crippen LogP contribution is 2.31. The van der Waals surface area contributed by atoms with Gasteiger partial charge in [0.25, 0.3) is 0 Å². The van der Waals surface area contributed by atoms with E-state index in [9.17, 15) is 4.79 Å². The summed E-state index contributed by atoms with van der Waals surface area (Å²) in [7, 11) is 0. The number of hydrogen-bond donors (Lipinski definition) is 2. The van der Waals surface area contributed by atoms with Crippen molar-refractivity contribution in [3.05, 3.63) is 42.4 Å².